The molecule has 28 heavy (non-hydrogen) atoms. The predicted octanol–water partition coefficient (Wildman–Crippen LogP) is 2.52. The van der Waals surface area contributed by atoms with Gasteiger partial charge in [0, 0.05) is 10.2 Å². The van der Waals surface area contributed by atoms with Gasteiger partial charge < -0.3 is 5.32 Å². The van der Waals surface area contributed by atoms with Crippen LogP contribution in [0.4, 0.5) is 15.8 Å². The van der Waals surface area contributed by atoms with Crippen LogP contribution < -0.4 is 10.2 Å². The molecule has 2 unspecified atom stereocenters. The van der Waals surface area contributed by atoms with Gasteiger partial charge in [0.05, 0.1) is 5.69 Å². The van der Waals surface area contributed by atoms with Crippen molar-refractivity contribution in [3.8, 4) is 0 Å². The van der Waals surface area contributed by atoms with E-state index in [9.17, 15) is 18.8 Å². The van der Waals surface area contributed by atoms with Crippen LogP contribution in [-0.2, 0) is 14.4 Å². The zero-order chi connectivity index (χ0) is 19.8. The number of carbonyl (C=O) groups is 3. The fourth-order valence-electron chi connectivity index (χ4n) is 3.08. The molecule has 2 aliphatic heterocycles. The number of halogens is 2. The second-order valence-corrected chi connectivity index (χ2v) is 7.15. The minimum absolute atomic E-state index is 0.269. The van der Waals surface area contributed by atoms with Gasteiger partial charge in [-0.05, 0) is 48.5 Å². The quantitative estimate of drug-likeness (QED) is 0.731. The summed E-state index contributed by atoms with van der Waals surface area (Å²) in [6.07, 6.45) is 0. The lowest BCUT2D eigenvalue weighted by Crippen LogP contribution is -2.43. The molecule has 2 aromatic carbocycles. The summed E-state index contributed by atoms with van der Waals surface area (Å²) in [6.45, 7) is -0.269. The summed E-state index contributed by atoms with van der Waals surface area (Å²) < 4.78 is 13.8. The van der Waals surface area contributed by atoms with Crippen LogP contribution in [0.25, 0.3) is 0 Å². The summed E-state index contributed by atoms with van der Waals surface area (Å²) in [7, 11) is 0. The van der Waals surface area contributed by atoms with Crippen molar-refractivity contribution < 1.29 is 18.8 Å². The van der Waals surface area contributed by atoms with Gasteiger partial charge >= 0.3 is 0 Å². The molecule has 0 spiro atoms. The molecule has 2 heterocycles. The maximum atomic E-state index is 13.0. The van der Waals surface area contributed by atoms with Gasteiger partial charge in [-0.3, -0.25) is 19.4 Å². The van der Waals surface area contributed by atoms with E-state index < -0.39 is 35.6 Å². The largest absolute Gasteiger partial charge is 0.324 e. The van der Waals surface area contributed by atoms with Crippen molar-refractivity contribution in [3.05, 3.63) is 58.8 Å². The van der Waals surface area contributed by atoms with Gasteiger partial charge in [0.2, 0.25) is 5.91 Å². The van der Waals surface area contributed by atoms with Crippen molar-refractivity contribution in [1.29, 1.82) is 0 Å². The molecule has 1 fully saturated rings. The second-order valence-electron chi connectivity index (χ2n) is 6.24. The van der Waals surface area contributed by atoms with E-state index >= 15 is 0 Å². The van der Waals surface area contributed by atoms with Crippen LogP contribution in [0.2, 0.25) is 0 Å². The maximum Gasteiger partial charge on any atom is 0.263 e. The van der Waals surface area contributed by atoms with E-state index in [1.54, 1.807) is 24.3 Å². The molecule has 4 rings (SSSR count). The van der Waals surface area contributed by atoms with Crippen molar-refractivity contribution >= 4 is 45.0 Å². The van der Waals surface area contributed by atoms with Crippen LogP contribution in [0.1, 0.15) is 0 Å². The molecule has 1 N–H and O–H groups in total. The third-order valence-electron chi connectivity index (χ3n) is 4.38. The van der Waals surface area contributed by atoms with Crippen molar-refractivity contribution in [1.82, 2.24) is 5.01 Å². The molecule has 0 aromatic heterocycles. The first kappa shape index (κ1) is 18.2. The highest BCUT2D eigenvalue weighted by molar-refractivity contribution is 9.10. The molecule has 1 saturated heterocycles. The first-order valence-corrected chi connectivity index (χ1v) is 9.09. The minimum atomic E-state index is -0.977. The Morgan fingerprint density at radius 1 is 1.07 bits per heavy atom. The molecule has 3 amide bonds. The van der Waals surface area contributed by atoms with Gasteiger partial charge in [-0.2, -0.15) is 5.11 Å². The molecule has 0 saturated carbocycles. The first-order chi connectivity index (χ1) is 13.4. The Hall–Kier alpha value is -3.14. The summed E-state index contributed by atoms with van der Waals surface area (Å²) in [5.74, 6) is -1.86. The number of nitrogens with one attached hydrogen (secondary N) is 1. The molecule has 10 heteroatoms. The third-order valence-corrected chi connectivity index (χ3v) is 4.90. The van der Waals surface area contributed by atoms with Gasteiger partial charge in [-0.25, -0.2) is 9.29 Å². The molecule has 142 valence electrons. The van der Waals surface area contributed by atoms with E-state index in [1.165, 1.54) is 29.3 Å². The van der Waals surface area contributed by atoms with Crippen LogP contribution in [0.3, 0.4) is 0 Å². The zero-order valence-corrected chi connectivity index (χ0v) is 15.8. The lowest BCUT2D eigenvalue weighted by Gasteiger charge is -2.20. The predicted molar refractivity (Wildman–Crippen MR) is 101 cm³/mol. The monoisotopic (exact) mass is 445 g/mol. The zero-order valence-electron chi connectivity index (χ0n) is 14.3. The Labute approximate surface area is 167 Å². The number of carbonyl (C=O) groups excluding carboxylic acids is 3. The van der Waals surface area contributed by atoms with Crippen molar-refractivity contribution in [2.45, 2.75) is 12.1 Å². The number of amides is 3. The summed E-state index contributed by atoms with van der Waals surface area (Å²) >= 11 is 3.31. The standard InChI is InChI=1S/C18H13BrFN5O3/c19-10-1-7-13(8-2-10)25-17(27)15-16(18(25)28)24(23-22-15)9-14(26)21-12-5-3-11(20)4-6-12/h1-8,15-16H,9H2,(H,21,26). The van der Waals surface area contributed by atoms with Crippen molar-refractivity contribution in [3.63, 3.8) is 0 Å². The van der Waals surface area contributed by atoms with Crippen molar-refractivity contribution in [2.75, 3.05) is 16.8 Å². The van der Waals surface area contributed by atoms with Crippen LogP contribution in [0.5, 0.6) is 0 Å². The Balaban J connectivity index is 1.48. The van der Waals surface area contributed by atoms with Gasteiger partial charge in [-0.15, -0.1) is 0 Å². The Morgan fingerprint density at radius 2 is 1.75 bits per heavy atom. The van der Waals surface area contributed by atoms with Gasteiger partial charge in [0.15, 0.2) is 12.1 Å². The van der Waals surface area contributed by atoms with Crippen LogP contribution in [0.15, 0.2) is 63.3 Å². The average molecular weight is 446 g/mol. The highest BCUT2D eigenvalue weighted by Gasteiger charge is 2.55. The summed E-state index contributed by atoms with van der Waals surface area (Å²) in [5.41, 5.74) is 0.836. The average Bonchev–Trinajstić information content (AvgIpc) is 3.18. The fraction of sp³-hybridized carbons (Fsp3) is 0.167. The van der Waals surface area contributed by atoms with E-state index in [2.05, 4.69) is 31.6 Å². The second kappa shape index (κ2) is 7.12. The third kappa shape index (κ3) is 3.26. The summed E-state index contributed by atoms with van der Waals surface area (Å²) in [4.78, 5) is 38.8. The SMILES string of the molecule is O=C(CN1N=NC2C(=O)N(c3ccc(Br)cc3)C(=O)C21)Nc1ccc(F)cc1. The summed E-state index contributed by atoms with van der Waals surface area (Å²) in [6, 6.07) is 10.1. The molecular formula is C18H13BrFN5O3. The molecule has 2 atom stereocenters. The molecule has 0 bridgehead atoms. The van der Waals surface area contributed by atoms with E-state index in [0.29, 0.717) is 11.4 Å². The lowest BCUT2D eigenvalue weighted by atomic mass is 10.1. The number of hydrogen-bond donors (Lipinski definition) is 1. The number of anilines is 2. The molecule has 2 aliphatic rings. The molecule has 2 aromatic rings. The Morgan fingerprint density at radius 3 is 2.43 bits per heavy atom. The van der Waals surface area contributed by atoms with Crippen molar-refractivity contribution in [2.24, 2.45) is 10.3 Å². The normalized spacial score (nSPS) is 20.6. The Kier molecular flexibility index (Phi) is 4.63. The topological polar surface area (TPSA) is 94.4 Å². The van der Waals surface area contributed by atoms with Crippen LogP contribution in [-0.4, -0.2) is 41.4 Å². The van der Waals surface area contributed by atoms with E-state index in [1.807, 2.05) is 0 Å². The van der Waals surface area contributed by atoms with E-state index in [0.717, 1.165) is 9.37 Å². The number of rotatable bonds is 4. The highest BCUT2D eigenvalue weighted by atomic mass is 79.9. The number of benzene rings is 2. The number of nitrogens with zero attached hydrogens (tertiary/aromatic N) is 4. The number of fused-ring (bicyclic) bond motifs is 1. The fourth-order valence-corrected chi connectivity index (χ4v) is 3.34. The van der Waals surface area contributed by atoms with Gasteiger partial charge in [-0.1, -0.05) is 21.2 Å². The molecule has 0 radical (unpaired) electrons. The van der Waals surface area contributed by atoms with Crippen LogP contribution >= 0.6 is 15.9 Å². The highest BCUT2D eigenvalue weighted by Crippen LogP contribution is 2.32. The number of imide groups is 1. The Bertz CT molecular complexity index is 980. The summed E-state index contributed by atoms with van der Waals surface area (Å²) in [5, 5.41) is 11.5. The number of hydrogen-bond acceptors (Lipinski definition) is 6. The molecular weight excluding hydrogens is 433 g/mol. The maximum absolute atomic E-state index is 13.0. The van der Waals surface area contributed by atoms with Crippen LogP contribution in [0, 0.1) is 5.82 Å². The molecule has 8 nitrogen and oxygen atoms in total. The minimum Gasteiger partial charge on any atom is -0.324 e. The first-order valence-electron chi connectivity index (χ1n) is 8.30. The van der Waals surface area contributed by atoms with E-state index in [4.69, 9.17) is 0 Å². The van der Waals surface area contributed by atoms with E-state index in [-0.39, 0.29) is 6.54 Å². The molecule has 0 aliphatic carbocycles. The lowest BCUT2D eigenvalue weighted by molar-refractivity contribution is -0.123. The smallest absolute Gasteiger partial charge is 0.263 e. The van der Waals surface area contributed by atoms with Gasteiger partial charge in [0.25, 0.3) is 11.8 Å². The van der Waals surface area contributed by atoms with Gasteiger partial charge in [0.1, 0.15) is 12.4 Å².